The molecule has 0 radical (unpaired) electrons. The molecule has 2 N–H and O–H groups in total. The molecule has 0 aliphatic heterocycles. The van der Waals surface area contributed by atoms with E-state index in [4.69, 9.17) is 0 Å². The van der Waals surface area contributed by atoms with Crippen molar-refractivity contribution < 1.29 is 4.79 Å². The SMILES string of the molecule is Bc1ccccc1CC(=C)Nc1ccc(Cc2cc(NC(C)=O)ncn2)cc1. The number of rotatable bonds is 7. The van der Waals surface area contributed by atoms with E-state index in [1.165, 1.54) is 24.3 Å². The highest BCUT2D eigenvalue weighted by Gasteiger charge is 2.04. The Kier molecular flexibility index (Phi) is 6.22. The molecule has 0 atom stereocenters. The van der Waals surface area contributed by atoms with Crippen LogP contribution in [0.2, 0.25) is 0 Å². The molecular formula is C22H23BN4O. The molecule has 140 valence electrons. The predicted octanol–water partition coefficient (Wildman–Crippen LogP) is 2.45. The maximum atomic E-state index is 11.2. The fourth-order valence-corrected chi connectivity index (χ4v) is 2.94. The summed E-state index contributed by atoms with van der Waals surface area (Å²) >= 11 is 0. The van der Waals surface area contributed by atoms with E-state index < -0.39 is 0 Å². The second-order valence-corrected chi connectivity index (χ2v) is 6.78. The van der Waals surface area contributed by atoms with Crippen LogP contribution in [0.15, 0.2) is 73.2 Å². The number of nitrogens with one attached hydrogen (secondary N) is 2. The second-order valence-electron chi connectivity index (χ2n) is 6.78. The molecule has 3 rings (SSSR count). The lowest BCUT2D eigenvalue weighted by Crippen LogP contribution is -2.12. The molecule has 0 saturated carbocycles. The highest BCUT2D eigenvalue weighted by molar-refractivity contribution is 6.33. The van der Waals surface area contributed by atoms with E-state index in [9.17, 15) is 4.79 Å². The van der Waals surface area contributed by atoms with Gasteiger partial charge in [-0.1, -0.05) is 48.4 Å². The summed E-state index contributed by atoms with van der Waals surface area (Å²) in [6, 6.07) is 18.3. The normalized spacial score (nSPS) is 10.3. The molecule has 1 amide bonds. The summed E-state index contributed by atoms with van der Waals surface area (Å²) in [6.45, 7) is 5.61. The average Bonchev–Trinajstić information content (AvgIpc) is 2.65. The summed E-state index contributed by atoms with van der Waals surface area (Å²) in [6.07, 6.45) is 2.92. The number of nitrogens with zero attached hydrogens (tertiary/aromatic N) is 2. The van der Waals surface area contributed by atoms with Gasteiger partial charge in [-0.3, -0.25) is 4.79 Å². The van der Waals surface area contributed by atoms with Crippen LogP contribution in [0, 0.1) is 0 Å². The van der Waals surface area contributed by atoms with Gasteiger partial charge in [-0.25, -0.2) is 9.97 Å². The minimum atomic E-state index is -0.147. The molecule has 0 bridgehead atoms. The lowest BCUT2D eigenvalue weighted by atomic mass is 9.89. The Morgan fingerprint density at radius 2 is 1.82 bits per heavy atom. The van der Waals surface area contributed by atoms with Crippen molar-refractivity contribution in [3.8, 4) is 0 Å². The van der Waals surface area contributed by atoms with Crippen LogP contribution in [0.3, 0.4) is 0 Å². The summed E-state index contributed by atoms with van der Waals surface area (Å²) in [4.78, 5) is 19.5. The largest absolute Gasteiger partial charge is 0.359 e. The topological polar surface area (TPSA) is 66.9 Å². The molecule has 6 heteroatoms. The van der Waals surface area contributed by atoms with Gasteiger partial charge in [0.25, 0.3) is 0 Å². The summed E-state index contributed by atoms with van der Waals surface area (Å²) < 4.78 is 0. The Morgan fingerprint density at radius 1 is 1.07 bits per heavy atom. The van der Waals surface area contributed by atoms with Crippen LogP contribution in [0.5, 0.6) is 0 Å². The van der Waals surface area contributed by atoms with Crippen LogP contribution in [0.1, 0.15) is 23.7 Å². The van der Waals surface area contributed by atoms with Crippen molar-refractivity contribution >= 4 is 30.7 Å². The highest BCUT2D eigenvalue weighted by Crippen LogP contribution is 2.16. The zero-order chi connectivity index (χ0) is 19.9. The van der Waals surface area contributed by atoms with Crippen molar-refractivity contribution in [1.82, 2.24) is 9.97 Å². The molecule has 3 aromatic rings. The van der Waals surface area contributed by atoms with Gasteiger partial charge < -0.3 is 10.6 Å². The van der Waals surface area contributed by atoms with Crippen molar-refractivity contribution in [2.45, 2.75) is 19.8 Å². The molecule has 28 heavy (non-hydrogen) atoms. The number of benzene rings is 2. The fourth-order valence-electron chi connectivity index (χ4n) is 2.94. The monoisotopic (exact) mass is 370 g/mol. The van der Waals surface area contributed by atoms with Gasteiger partial charge in [-0.2, -0.15) is 0 Å². The molecule has 5 nitrogen and oxygen atoms in total. The van der Waals surface area contributed by atoms with E-state index in [0.29, 0.717) is 12.2 Å². The van der Waals surface area contributed by atoms with Crippen molar-refractivity contribution in [3.05, 3.63) is 90.0 Å². The Balaban J connectivity index is 1.60. The fraction of sp³-hybridized carbons (Fsp3) is 0.136. The molecule has 1 heterocycles. The first-order valence-corrected chi connectivity index (χ1v) is 9.16. The number of anilines is 2. The maximum Gasteiger partial charge on any atom is 0.222 e. The second kappa shape index (κ2) is 8.99. The van der Waals surface area contributed by atoms with Gasteiger partial charge in [0.1, 0.15) is 20.0 Å². The number of hydrogen-bond acceptors (Lipinski definition) is 4. The third kappa shape index (κ3) is 5.54. The number of carbonyl (C=O) groups is 1. The van der Waals surface area contributed by atoms with Gasteiger partial charge >= 0.3 is 0 Å². The average molecular weight is 370 g/mol. The number of carbonyl (C=O) groups excluding carboxylic acids is 1. The van der Waals surface area contributed by atoms with Crippen molar-refractivity contribution in [3.63, 3.8) is 0 Å². The Hall–Kier alpha value is -3.41. The van der Waals surface area contributed by atoms with Crippen LogP contribution in [-0.2, 0) is 17.6 Å². The number of aromatic nitrogens is 2. The Morgan fingerprint density at radius 3 is 2.54 bits per heavy atom. The van der Waals surface area contributed by atoms with Crippen LogP contribution in [0.25, 0.3) is 0 Å². The van der Waals surface area contributed by atoms with Crippen molar-refractivity contribution in [2.75, 3.05) is 10.6 Å². The smallest absolute Gasteiger partial charge is 0.222 e. The molecule has 0 aliphatic carbocycles. The van der Waals surface area contributed by atoms with Gasteiger partial charge in [-0.05, 0) is 23.3 Å². The van der Waals surface area contributed by atoms with E-state index in [1.807, 2.05) is 18.2 Å². The predicted molar refractivity (Wildman–Crippen MR) is 117 cm³/mol. The third-order valence-corrected chi connectivity index (χ3v) is 4.35. The lowest BCUT2D eigenvalue weighted by molar-refractivity contribution is -0.114. The van der Waals surface area contributed by atoms with E-state index in [1.54, 1.807) is 6.07 Å². The van der Waals surface area contributed by atoms with Crippen molar-refractivity contribution in [2.24, 2.45) is 0 Å². The minimum Gasteiger partial charge on any atom is -0.359 e. The summed E-state index contributed by atoms with van der Waals surface area (Å²) in [5, 5.41) is 6.05. The molecule has 2 aromatic carbocycles. The summed E-state index contributed by atoms with van der Waals surface area (Å²) in [5.41, 5.74) is 6.48. The van der Waals surface area contributed by atoms with Crippen LogP contribution < -0.4 is 16.1 Å². The van der Waals surface area contributed by atoms with Crippen LogP contribution >= 0.6 is 0 Å². The minimum absolute atomic E-state index is 0.147. The molecule has 1 aromatic heterocycles. The maximum absolute atomic E-state index is 11.2. The quantitative estimate of drug-likeness (QED) is 0.627. The summed E-state index contributed by atoms with van der Waals surface area (Å²) in [5.74, 6) is 0.370. The van der Waals surface area contributed by atoms with Crippen LogP contribution in [-0.4, -0.2) is 23.7 Å². The van der Waals surface area contributed by atoms with Gasteiger partial charge in [0, 0.05) is 37.2 Å². The van der Waals surface area contributed by atoms with Crippen LogP contribution in [0.4, 0.5) is 11.5 Å². The lowest BCUT2D eigenvalue weighted by Gasteiger charge is -2.12. The zero-order valence-corrected chi connectivity index (χ0v) is 16.2. The summed E-state index contributed by atoms with van der Waals surface area (Å²) in [7, 11) is 2.11. The molecule has 0 spiro atoms. The first-order chi connectivity index (χ1) is 13.5. The number of hydrogen-bond donors (Lipinski definition) is 2. The van der Waals surface area contributed by atoms with E-state index in [-0.39, 0.29) is 5.91 Å². The Labute approximate surface area is 166 Å². The zero-order valence-electron chi connectivity index (χ0n) is 16.2. The van der Waals surface area contributed by atoms with E-state index >= 15 is 0 Å². The number of allylic oxidation sites excluding steroid dienone is 1. The van der Waals surface area contributed by atoms with Gasteiger partial charge in [0.15, 0.2) is 0 Å². The molecule has 0 fully saturated rings. The van der Waals surface area contributed by atoms with Gasteiger partial charge in [0.2, 0.25) is 5.91 Å². The van der Waals surface area contributed by atoms with E-state index in [2.05, 4.69) is 65.4 Å². The van der Waals surface area contributed by atoms with E-state index in [0.717, 1.165) is 29.1 Å². The molecular weight excluding hydrogens is 347 g/mol. The molecule has 0 aliphatic rings. The first kappa shape index (κ1) is 19.4. The van der Waals surface area contributed by atoms with Crippen molar-refractivity contribution in [1.29, 1.82) is 0 Å². The highest BCUT2D eigenvalue weighted by atomic mass is 16.1. The Bertz CT molecular complexity index is 986. The van der Waals surface area contributed by atoms with Gasteiger partial charge in [-0.15, -0.1) is 0 Å². The standard InChI is InChI=1S/C22H23BN4O/c1-15(11-18-5-3-4-6-21(18)23)26-19-9-7-17(8-10-19)12-20-13-22(25-14-24-20)27-16(2)28/h3-10,13-14,26H,1,11-12,23H2,2H3,(H,24,25,27,28). The first-order valence-electron chi connectivity index (χ1n) is 9.16. The van der Waals surface area contributed by atoms with Gasteiger partial charge in [0.05, 0.1) is 5.69 Å². The third-order valence-electron chi connectivity index (χ3n) is 4.35. The molecule has 0 unspecified atom stereocenters. The molecule has 0 saturated heterocycles. The number of amides is 1.